The molecule has 9 heteroatoms. The number of halogens is 1. The predicted octanol–water partition coefficient (Wildman–Crippen LogP) is 0.784. The van der Waals surface area contributed by atoms with Crippen molar-refractivity contribution in [1.82, 2.24) is 10.2 Å². The number of aliphatic hydroxyl groups excluding tert-OH is 2. The zero-order valence-electron chi connectivity index (χ0n) is 18.1. The molecule has 2 fully saturated rings. The lowest BCUT2D eigenvalue weighted by molar-refractivity contribution is -0.135. The van der Waals surface area contributed by atoms with Crippen LogP contribution >= 0.6 is 0 Å². The minimum Gasteiger partial charge on any atom is -0.388 e. The Morgan fingerprint density at radius 3 is 2.24 bits per heavy atom. The van der Waals surface area contributed by atoms with Gasteiger partial charge < -0.3 is 30.1 Å². The molecule has 0 saturated carbocycles. The van der Waals surface area contributed by atoms with E-state index in [-0.39, 0.29) is 30.6 Å². The summed E-state index contributed by atoms with van der Waals surface area (Å²) in [6, 6.07) is 14.9. The molecule has 0 aromatic heterocycles. The molecule has 33 heavy (non-hydrogen) atoms. The fourth-order valence-corrected chi connectivity index (χ4v) is 4.22. The highest BCUT2D eigenvalue weighted by atomic mass is 19.1. The van der Waals surface area contributed by atoms with Crippen molar-refractivity contribution in [2.75, 3.05) is 37.6 Å². The maximum atomic E-state index is 13.1. The monoisotopic (exact) mass is 457 g/mol. The second-order valence-electron chi connectivity index (χ2n) is 8.32. The van der Waals surface area contributed by atoms with Gasteiger partial charge in [0.2, 0.25) is 5.91 Å². The van der Waals surface area contributed by atoms with Gasteiger partial charge in [-0.2, -0.15) is 0 Å². The van der Waals surface area contributed by atoms with Crippen molar-refractivity contribution >= 4 is 17.5 Å². The molecule has 4 atom stereocenters. The lowest BCUT2D eigenvalue weighted by atomic mass is 10.0. The Balaban J connectivity index is 1.25. The van der Waals surface area contributed by atoms with E-state index in [9.17, 15) is 24.2 Å². The van der Waals surface area contributed by atoms with E-state index in [1.165, 1.54) is 12.1 Å². The number of piperazine rings is 1. The van der Waals surface area contributed by atoms with Gasteiger partial charge in [0, 0.05) is 44.0 Å². The molecular weight excluding hydrogens is 429 g/mol. The van der Waals surface area contributed by atoms with Crippen LogP contribution in [0.4, 0.5) is 10.1 Å². The molecule has 176 valence electrons. The molecular formula is C24H28FN3O5. The largest absolute Gasteiger partial charge is 0.388 e. The predicted molar refractivity (Wildman–Crippen MR) is 119 cm³/mol. The Bertz CT molecular complexity index is 950. The third-order valence-electron chi connectivity index (χ3n) is 6.16. The van der Waals surface area contributed by atoms with Crippen LogP contribution < -0.4 is 10.2 Å². The summed E-state index contributed by atoms with van der Waals surface area (Å²) >= 11 is 0. The third-order valence-corrected chi connectivity index (χ3v) is 6.16. The molecule has 2 aromatic carbocycles. The number of anilines is 1. The number of hydrogen-bond donors (Lipinski definition) is 3. The van der Waals surface area contributed by atoms with Gasteiger partial charge in [0.1, 0.15) is 24.1 Å². The summed E-state index contributed by atoms with van der Waals surface area (Å²) in [5.74, 6) is -0.763. The highest BCUT2D eigenvalue weighted by Gasteiger charge is 2.44. The number of amides is 2. The fourth-order valence-electron chi connectivity index (χ4n) is 4.22. The first-order valence-corrected chi connectivity index (χ1v) is 11.1. The topological polar surface area (TPSA) is 102 Å². The van der Waals surface area contributed by atoms with Gasteiger partial charge >= 0.3 is 0 Å². The second kappa shape index (κ2) is 10.3. The SMILES string of the molecule is O=C(NC[C@H]1O[C@@H](CC(=O)N2CCN(c3ccc(F)cc3)CC2)[C@H](O)[C@@H]1O)c1ccccc1. The minimum absolute atomic E-state index is 0.0208. The van der Waals surface area contributed by atoms with Gasteiger partial charge in [-0.15, -0.1) is 0 Å². The highest BCUT2D eigenvalue weighted by Crippen LogP contribution is 2.25. The maximum absolute atomic E-state index is 13.1. The molecule has 3 N–H and O–H groups in total. The Morgan fingerprint density at radius 1 is 0.939 bits per heavy atom. The van der Waals surface area contributed by atoms with Crippen LogP contribution in [0.2, 0.25) is 0 Å². The molecule has 0 spiro atoms. The smallest absolute Gasteiger partial charge is 0.251 e. The van der Waals surface area contributed by atoms with Gasteiger partial charge in [0.05, 0.1) is 12.5 Å². The standard InChI is InChI=1S/C24H28FN3O5/c25-17-6-8-18(9-7-17)27-10-12-28(13-11-27)21(29)14-19-22(30)23(31)20(33-19)15-26-24(32)16-4-2-1-3-5-16/h1-9,19-20,22-23,30-31H,10-15H2,(H,26,32)/t19-,20+,22-,23+/m0/s1. The first-order valence-electron chi connectivity index (χ1n) is 11.1. The van der Waals surface area contributed by atoms with Crippen molar-refractivity contribution in [2.24, 2.45) is 0 Å². The van der Waals surface area contributed by atoms with Crippen LogP contribution in [-0.4, -0.2) is 84.1 Å². The summed E-state index contributed by atoms with van der Waals surface area (Å²) < 4.78 is 18.9. The molecule has 2 heterocycles. The van der Waals surface area contributed by atoms with E-state index in [1.807, 2.05) is 0 Å². The van der Waals surface area contributed by atoms with Crippen molar-refractivity contribution in [3.05, 3.63) is 66.0 Å². The number of rotatable bonds is 6. The molecule has 0 radical (unpaired) electrons. The van der Waals surface area contributed by atoms with Crippen LogP contribution in [-0.2, 0) is 9.53 Å². The molecule has 2 aromatic rings. The van der Waals surface area contributed by atoms with E-state index in [0.29, 0.717) is 31.7 Å². The van der Waals surface area contributed by atoms with Crippen molar-refractivity contribution in [1.29, 1.82) is 0 Å². The molecule has 0 bridgehead atoms. The number of aliphatic hydroxyl groups is 2. The van der Waals surface area contributed by atoms with Crippen LogP contribution in [0.1, 0.15) is 16.8 Å². The molecule has 2 aliphatic rings. The van der Waals surface area contributed by atoms with E-state index in [4.69, 9.17) is 4.74 Å². The summed E-state index contributed by atoms with van der Waals surface area (Å²) in [7, 11) is 0. The molecule has 2 aliphatic heterocycles. The van der Waals surface area contributed by atoms with Gasteiger partial charge in [0.25, 0.3) is 5.91 Å². The summed E-state index contributed by atoms with van der Waals surface area (Å²) in [6.45, 7) is 2.24. The molecule has 2 saturated heterocycles. The summed E-state index contributed by atoms with van der Waals surface area (Å²) in [6.07, 6.45) is -4.12. The Hall–Kier alpha value is -3.01. The van der Waals surface area contributed by atoms with Gasteiger partial charge in [0.15, 0.2) is 0 Å². The average molecular weight is 458 g/mol. The second-order valence-corrected chi connectivity index (χ2v) is 8.32. The number of nitrogens with one attached hydrogen (secondary N) is 1. The Labute approximate surface area is 191 Å². The summed E-state index contributed by atoms with van der Waals surface area (Å²) in [5, 5.41) is 23.4. The minimum atomic E-state index is -1.21. The molecule has 2 amide bonds. The number of carbonyl (C=O) groups is 2. The quantitative estimate of drug-likeness (QED) is 0.593. The summed E-state index contributed by atoms with van der Waals surface area (Å²) in [4.78, 5) is 28.8. The van der Waals surface area contributed by atoms with E-state index < -0.39 is 24.4 Å². The van der Waals surface area contributed by atoms with E-state index >= 15 is 0 Å². The first-order chi connectivity index (χ1) is 15.9. The van der Waals surface area contributed by atoms with Gasteiger partial charge in [-0.25, -0.2) is 4.39 Å². The van der Waals surface area contributed by atoms with Crippen LogP contribution in [0, 0.1) is 5.82 Å². The number of ether oxygens (including phenoxy) is 1. The van der Waals surface area contributed by atoms with Gasteiger partial charge in [-0.05, 0) is 36.4 Å². The lowest BCUT2D eigenvalue weighted by Crippen LogP contribution is -2.49. The zero-order chi connectivity index (χ0) is 23.4. The Morgan fingerprint density at radius 2 is 1.58 bits per heavy atom. The van der Waals surface area contributed by atoms with Gasteiger partial charge in [-0.3, -0.25) is 9.59 Å². The lowest BCUT2D eigenvalue weighted by Gasteiger charge is -2.36. The summed E-state index contributed by atoms with van der Waals surface area (Å²) in [5.41, 5.74) is 1.39. The fraction of sp³-hybridized carbons (Fsp3) is 0.417. The molecule has 0 aliphatic carbocycles. The van der Waals surface area contributed by atoms with E-state index in [1.54, 1.807) is 47.4 Å². The normalized spacial score (nSPS) is 25.2. The van der Waals surface area contributed by atoms with Crippen molar-refractivity contribution in [3.63, 3.8) is 0 Å². The van der Waals surface area contributed by atoms with E-state index in [0.717, 1.165) is 5.69 Å². The molecule has 4 rings (SSSR count). The van der Waals surface area contributed by atoms with Crippen LogP contribution in [0.25, 0.3) is 0 Å². The van der Waals surface area contributed by atoms with Gasteiger partial charge in [-0.1, -0.05) is 18.2 Å². The number of nitrogens with zero attached hydrogens (tertiary/aromatic N) is 2. The maximum Gasteiger partial charge on any atom is 0.251 e. The zero-order valence-corrected chi connectivity index (χ0v) is 18.1. The highest BCUT2D eigenvalue weighted by molar-refractivity contribution is 5.94. The average Bonchev–Trinajstić information content (AvgIpc) is 3.11. The van der Waals surface area contributed by atoms with Crippen molar-refractivity contribution in [3.8, 4) is 0 Å². The first kappa shape index (κ1) is 23.2. The van der Waals surface area contributed by atoms with Crippen LogP contribution in [0.15, 0.2) is 54.6 Å². The van der Waals surface area contributed by atoms with Crippen LogP contribution in [0.3, 0.4) is 0 Å². The molecule has 0 unspecified atom stereocenters. The van der Waals surface area contributed by atoms with E-state index in [2.05, 4.69) is 10.2 Å². The number of carbonyl (C=O) groups excluding carboxylic acids is 2. The van der Waals surface area contributed by atoms with Crippen molar-refractivity contribution < 1.29 is 28.9 Å². The number of hydrogen-bond acceptors (Lipinski definition) is 6. The van der Waals surface area contributed by atoms with Crippen LogP contribution in [0.5, 0.6) is 0 Å². The molecule has 8 nitrogen and oxygen atoms in total. The van der Waals surface area contributed by atoms with Crippen molar-refractivity contribution in [2.45, 2.75) is 30.8 Å². The number of benzene rings is 2. The Kier molecular flexibility index (Phi) is 7.22. The third kappa shape index (κ3) is 5.50.